The molecule has 18 heavy (non-hydrogen) atoms. The molecule has 90 valence electrons. The first-order valence-corrected chi connectivity index (χ1v) is 6.38. The van der Waals surface area contributed by atoms with Crippen LogP contribution in [0.3, 0.4) is 0 Å². The Morgan fingerprint density at radius 3 is 2.44 bits per heavy atom. The van der Waals surface area contributed by atoms with E-state index in [2.05, 4.69) is 59.6 Å². The third kappa shape index (κ3) is 1.77. The number of anilines is 2. The van der Waals surface area contributed by atoms with E-state index in [0.29, 0.717) is 0 Å². The number of hydrogen-bond donors (Lipinski definition) is 1. The molecule has 0 aromatic heterocycles. The van der Waals surface area contributed by atoms with E-state index in [-0.39, 0.29) is 0 Å². The first-order valence-electron chi connectivity index (χ1n) is 5.98. The molecule has 0 bridgehead atoms. The zero-order valence-electron chi connectivity index (χ0n) is 10.2. The van der Waals surface area contributed by atoms with Crippen LogP contribution in [-0.4, -0.2) is 11.7 Å². The summed E-state index contributed by atoms with van der Waals surface area (Å²) in [7, 11) is 0. The Bertz CT molecular complexity index is 607. The maximum atomic E-state index is 5.36. The Morgan fingerprint density at radius 1 is 1.00 bits per heavy atom. The van der Waals surface area contributed by atoms with Crippen molar-refractivity contribution in [2.45, 2.75) is 6.92 Å². The molecule has 0 aliphatic carbocycles. The van der Waals surface area contributed by atoms with Crippen molar-refractivity contribution in [2.75, 3.05) is 11.6 Å². The predicted octanol–water partition coefficient (Wildman–Crippen LogP) is 3.37. The highest BCUT2D eigenvalue weighted by Crippen LogP contribution is 2.32. The van der Waals surface area contributed by atoms with E-state index in [4.69, 9.17) is 12.2 Å². The largest absolute Gasteiger partial charge is 0.358 e. The predicted molar refractivity (Wildman–Crippen MR) is 79.5 cm³/mol. The first kappa shape index (κ1) is 11.2. The highest BCUT2D eigenvalue weighted by Gasteiger charge is 2.21. The van der Waals surface area contributed by atoms with E-state index in [1.54, 1.807) is 0 Å². The van der Waals surface area contributed by atoms with Crippen molar-refractivity contribution >= 4 is 28.6 Å². The lowest BCUT2D eigenvalue weighted by atomic mass is 10.1. The third-order valence-corrected chi connectivity index (χ3v) is 3.61. The molecule has 0 spiro atoms. The Balaban J connectivity index is 2.13. The molecule has 0 saturated heterocycles. The molecule has 0 unspecified atom stereocenters. The average molecular weight is 254 g/mol. The van der Waals surface area contributed by atoms with Crippen molar-refractivity contribution in [3.05, 3.63) is 59.7 Å². The topological polar surface area (TPSA) is 15.3 Å². The first-order chi connectivity index (χ1) is 8.77. The lowest BCUT2D eigenvalue weighted by Crippen LogP contribution is -2.40. The molecule has 3 rings (SSSR count). The van der Waals surface area contributed by atoms with Crippen LogP contribution in [-0.2, 0) is 0 Å². The normalized spacial score (nSPS) is 14.1. The van der Waals surface area contributed by atoms with Crippen LogP contribution in [0.15, 0.2) is 48.5 Å². The zero-order valence-corrected chi connectivity index (χ0v) is 11.0. The second-order valence-corrected chi connectivity index (χ2v) is 4.80. The van der Waals surface area contributed by atoms with Gasteiger partial charge in [-0.3, -0.25) is 0 Å². The number of nitrogens with one attached hydrogen (secondary N) is 1. The summed E-state index contributed by atoms with van der Waals surface area (Å²) in [6, 6.07) is 16.7. The van der Waals surface area contributed by atoms with Crippen molar-refractivity contribution in [3.8, 4) is 0 Å². The molecular weight excluding hydrogens is 240 g/mol. The van der Waals surface area contributed by atoms with Crippen LogP contribution in [0, 0.1) is 6.92 Å². The number of para-hydroxylation sites is 2. The summed E-state index contributed by atoms with van der Waals surface area (Å²) in [5.41, 5.74) is 4.76. The summed E-state index contributed by atoms with van der Waals surface area (Å²) in [5, 5.41) is 3.27. The monoisotopic (exact) mass is 254 g/mol. The van der Waals surface area contributed by atoms with Gasteiger partial charge in [0.1, 0.15) is 4.99 Å². The van der Waals surface area contributed by atoms with Crippen LogP contribution in [0.25, 0.3) is 0 Å². The summed E-state index contributed by atoms with van der Waals surface area (Å²) in [4.78, 5) is 3.09. The van der Waals surface area contributed by atoms with Gasteiger partial charge in [0.05, 0.1) is 12.4 Å². The molecule has 0 amide bonds. The van der Waals surface area contributed by atoms with Crippen molar-refractivity contribution in [3.63, 3.8) is 0 Å². The number of benzene rings is 2. The fraction of sp³-hybridized carbons (Fsp3) is 0.133. The van der Waals surface area contributed by atoms with Gasteiger partial charge in [0.2, 0.25) is 0 Å². The summed E-state index contributed by atoms with van der Waals surface area (Å²) in [5.74, 6) is 0. The Hall–Kier alpha value is -1.87. The van der Waals surface area contributed by atoms with Crippen LogP contribution in [0.2, 0.25) is 0 Å². The molecule has 0 atom stereocenters. The fourth-order valence-corrected chi connectivity index (χ4v) is 2.55. The maximum absolute atomic E-state index is 5.36. The Kier molecular flexibility index (Phi) is 2.76. The highest BCUT2D eigenvalue weighted by molar-refractivity contribution is 7.80. The van der Waals surface area contributed by atoms with Gasteiger partial charge in [0.15, 0.2) is 0 Å². The van der Waals surface area contributed by atoms with Gasteiger partial charge >= 0.3 is 0 Å². The van der Waals surface area contributed by atoms with E-state index in [9.17, 15) is 0 Å². The number of rotatable bonds is 1. The van der Waals surface area contributed by atoms with Gasteiger partial charge in [-0.25, -0.2) is 0 Å². The minimum absolute atomic E-state index is 0.723. The van der Waals surface area contributed by atoms with Gasteiger partial charge in [-0.15, -0.1) is 0 Å². The molecule has 2 nitrogen and oxygen atoms in total. The van der Waals surface area contributed by atoms with E-state index < -0.39 is 0 Å². The van der Waals surface area contributed by atoms with E-state index in [1.165, 1.54) is 16.9 Å². The van der Waals surface area contributed by atoms with Crippen LogP contribution < -0.4 is 10.2 Å². The van der Waals surface area contributed by atoms with Crippen molar-refractivity contribution in [1.82, 2.24) is 5.32 Å². The number of hydrogen-bond acceptors (Lipinski definition) is 2. The average Bonchev–Trinajstić information content (AvgIpc) is 2.41. The number of fused-ring (bicyclic) bond motifs is 1. The van der Waals surface area contributed by atoms with Crippen molar-refractivity contribution in [1.29, 1.82) is 0 Å². The number of aryl methyl sites for hydroxylation is 1. The molecule has 1 aliphatic heterocycles. The quantitative estimate of drug-likeness (QED) is 0.785. The van der Waals surface area contributed by atoms with Crippen LogP contribution >= 0.6 is 12.2 Å². The summed E-state index contributed by atoms with van der Waals surface area (Å²) >= 11 is 5.36. The highest BCUT2D eigenvalue weighted by atomic mass is 32.1. The van der Waals surface area contributed by atoms with Crippen molar-refractivity contribution in [2.24, 2.45) is 0 Å². The number of thiocarbonyl (C=S) groups is 1. The lowest BCUT2D eigenvalue weighted by molar-refractivity contribution is 0.863. The second-order valence-electron chi connectivity index (χ2n) is 4.40. The van der Waals surface area contributed by atoms with Gasteiger partial charge in [-0.05, 0) is 30.7 Å². The molecule has 0 fully saturated rings. The van der Waals surface area contributed by atoms with Crippen LogP contribution in [0.1, 0.15) is 11.1 Å². The van der Waals surface area contributed by atoms with Gasteiger partial charge in [-0.1, -0.05) is 42.5 Å². The Labute approximate surface area is 112 Å². The molecular formula is C15H14N2S. The van der Waals surface area contributed by atoms with E-state index >= 15 is 0 Å². The standard InChI is InChI=1S/C15H14N2S/c1-11-6-2-4-8-13(11)17-10-16-15(18)12-7-3-5-9-14(12)17/h2-9H,10H2,1H3,(H,16,18). The fourth-order valence-electron chi connectivity index (χ4n) is 2.31. The van der Waals surface area contributed by atoms with Crippen molar-refractivity contribution < 1.29 is 0 Å². The molecule has 1 aliphatic rings. The summed E-state index contributed by atoms with van der Waals surface area (Å²) in [6.45, 7) is 2.85. The smallest absolute Gasteiger partial charge is 0.110 e. The molecule has 1 heterocycles. The molecule has 0 radical (unpaired) electrons. The molecule has 3 heteroatoms. The minimum Gasteiger partial charge on any atom is -0.358 e. The second kappa shape index (κ2) is 4.42. The van der Waals surface area contributed by atoms with E-state index in [1.807, 2.05) is 6.07 Å². The van der Waals surface area contributed by atoms with Gasteiger partial charge in [-0.2, -0.15) is 0 Å². The summed E-state index contributed by atoms with van der Waals surface area (Å²) in [6.07, 6.45) is 0. The van der Waals surface area contributed by atoms with E-state index in [0.717, 1.165) is 17.2 Å². The van der Waals surface area contributed by atoms with Gasteiger partial charge in [0.25, 0.3) is 0 Å². The van der Waals surface area contributed by atoms with Gasteiger partial charge in [0, 0.05) is 11.3 Å². The Morgan fingerprint density at radius 2 is 1.67 bits per heavy atom. The maximum Gasteiger partial charge on any atom is 0.110 e. The molecule has 0 saturated carbocycles. The number of nitrogens with zero attached hydrogens (tertiary/aromatic N) is 1. The molecule has 2 aromatic rings. The minimum atomic E-state index is 0.723. The lowest BCUT2D eigenvalue weighted by Gasteiger charge is -2.33. The molecule has 2 aromatic carbocycles. The third-order valence-electron chi connectivity index (χ3n) is 3.24. The van der Waals surface area contributed by atoms with Crippen LogP contribution in [0.5, 0.6) is 0 Å². The van der Waals surface area contributed by atoms with Crippen LogP contribution in [0.4, 0.5) is 11.4 Å². The zero-order chi connectivity index (χ0) is 12.5. The summed E-state index contributed by atoms with van der Waals surface area (Å²) < 4.78 is 0. The SMILES string of the molecule is Cc1ccccc1N1CNC(=S)c2ccccc21. The van der Waals surface area contributed by atoms with Gasteiger partial charge < -0.3 is 10.2 Å². The molecule has 1 N–H and O–H groups in total.